The number of hydrogen-bond acceptors (Lipinski definition) is 3. The SMILES string of the molecule is CC1(C)C2=CC(c3ccc4c(c3)SC3=CCCC=C3[Si]43C4=CCCC=C4Sc4ccccc43)CC=C2[Si]2(C3=CCCC=C3SC3C=CCCC32)C2C=CC=CC21. The van der Waals surface area contributed by atoms with E-state index in [1.165, 1.54) is 45.9 Å². The third-order valence-electron chi connectivity index (χ3n) is 15.2. The van der Waals surface area contributed by atoms with Crippen LogP contribution in [0.5, 0.6) is 0 Å². The molecule has 2 saturated heterocycles. The van der Waals surface area contributed by atoms with Crippen molar-refractivity contribution in [3.63, 3.8) is 0 Å². The minimum Gasteiger partial charge on any atom is -0.119 e. The Morgan fingerprint density at radius 3 is 2.16 bits per heavy atom. The van der Waals surface area contributed by atoms with Gasteiger partial charge < -0.3 is 0 Å². The molecule has 7 unspecified atom stereocenters. The van der Waals surface area contributed by atoms with E-state index < -0.39 is 16.1 Å². The van der Waals surface area contributed by atoms with Crippen LogP contribution in [-0.2, 0) is 0 Å². The smallest absolute Gasteiger partial charge is 0.119 e. The van der Waals surface area contributed by atoms with Crippen molar-refractivity contribution in [1.82, 2.24) is 0 Å². The summed E-state index contributed by atoms with van der Waals surface area (Å²) in [5, 5.41) is 10.8. The average Bonchev–Trinajstić information content (AvgIpc) is 3.25. The third kappa shape index (κ3) is 4.70. The highest BCUT2D eigenvalue weighted by Gasteiger charge is 2.65. The van der Waals surface area contributed by atoms with Crippen LogP contribution in [0.15, 0.2) is 178 Å². The van der Waals surface area contributed by atoms with Crippen molar-refractivity contribution >= 4 is 61.8 Å². The standard InChI is InChI=1S/C51H50S3Si2/c1-51(2)35-15-3-9-21-43(35)55(45-22-10-4-16-37(45)52-38-17-5-11-23-46(38)55)44-29-27-33(31-36(44)51)34-28-30-50-42(32-34)54-41-20-8-14-26-49(41)56(50)47-24-12-6-18-39(47)53-40-19-7-13-25-48(40)56/h3-4,6,9,12,15-21,23-26,28-33,35,37,43,45H,5,7-8,10-11,13-14,22,27H2,1-2H3. The summed E-state index contributed by atoms with van der Waals surface area (Å²) in [6.45, 7) is 5.20. The predicted molar refractivity (Wildman–Crippen MR) is 248 cm³/mol. The van der Waals surface area contributed by atoms with Crippen LogP contribution in [0, 0.1) is 11.3 Å². The van der Waals surface area contributed by atoms with Crippen LogP contribution in [0.1, 0.15) is 83.1 Å². The molecule has 0 amide bonds. The van der Waals surface area contributed by atoms with E-state index in [2.05, 4.69) is 165 Å². The second-order valence-electron chi connectivity index (χ2n) is 18.1. The number of benzene rings is 2. The monoisotopic (exact) mass is 814 g/mol. The average molecular weight is 815 g/mol. The molecule has 7 atom stereocenters. The zero-order valence-corrected chi connectivity index (χ0v) is 37.0. The molecular weight excluding hydrogens is 765 g/mol. The number of hydrogen-bond donors (Lipinski definition) is 0. The van der Waals surface area contributed by atoms with E-state index >= 15 is 0 Å². The predicted octanol–water partition coefficient (Wildman–Crippen LogP) is 13.2. The fourth-order valence-corrected chi connectivity index (χ4v) is 32.6. The molecule has 0 aromatic heterocycles. The van der Waals surface area contributed by atoms with Gasteiger partial charge in [-0.15, -0.1) is 11.8 Å². The zero-order chi connectivity index (χ0) is 37.2. The van der Waals surface area contributed by atoms with Crippen molar-refractivity contribution in [3.8, 4) is 0 Å². The topological polar surface area (TPSA) is 0 Å². The molecule has 0 saturated carbocycles. The van der Waals surface area contributed by atoms with Crippen LogP contribution < -0.4 is 10.4 Å². The van der Waals surface area contributed by atoms with Crippen molar-refractivity contribution < 1.29 is 0 Å². The Morgan fingerprint density at radius 1 is 0.643 bits per heavy atom. The van der Waals surface area contributed by atoms with Crippen molar-refractivity contribution in [1.29, 1.82) is 0 Å². The van der Waals surface area contributed by atoms with Gasteiger partial charge >= 0.3 is 0 Å². The lowest BCUT2D eigenvalue weighted by atomic mass is 9.67. The molecule has 12 rings (SSSR count). The molecule has 0 nitrogen and oxygen atoms in total. The number of rotatable bonds is 1. The van der Waals surface area contributed by atoms with Gasteiger partial charge in [0.15, 0.2) is 8.07 Å². The maximum atomic E-state index is 2.85. The molecular formula is C51H50S3Si2. The van der Waals surface area contributed by atoms with E-state index in [1.54, 1.807) is 36.1 Å². The molecule has 2 aromatic carbocycles. The molecule has 56 heavy (non-hydrogen) atoms. The van der Waals surface area contributed by atoms with E-state index in [9.17, 15) is 0 Å². The number of fused-ring (bicyclic) bond motifs is 16. The molecule has 0 N–H and O–H groups in total. The Morgan fingerprint density at radius 2 is 1.34 bits per heavy atom. The summed E-state index contributed by atoms with van der Waals surface area (Å²) >= 11 is 6.33. The van der Waals surface area contributed by atoms with Gasteiger partial charge in [-0.1, -0.05) is 158 Å². The summed E-state index contributed by atoms with van der Waals surface area (Å²) in [6, 6.07) is 17.4. The van der Waals surface area contributed by atoms with Gasteiger partial charge in [0.25, 0.3) is 0 Å². The van der Waals surface area contributed by atoms with E-state index in [-0.39, 0.29) is 5.41 Å². The Labute approximate surface area is 348 Å². The molecule has 4 aliphatic heterocycles. The van der Waals surface area contributed by atoms with Crippen LogP contribution in [0.4, 0.5) is 0 Å². The van der Waals surface area contributed by atoms with Crippen LogP contribution >= 0.6 is 35.3 Å². The van der Waals surface area contributed by atoms with Gasteiger partial charge in [-0.2, -0.15) is 0 Å². The Hall–Kier alpha value is -2.94. The second-order valence-corrected chi connectivity index (χ2v) is 29.4. The third-order valence-corrected chi connectivity index (χ3v) is 31.3. The fourth-order valence-electron chi connectivity index (χ4n) is 13.0. The molecule has 10 aliphatic rings. The lowest BCUT2D eigenvalue weighted by Gasteiger charge is -2.63. The maximum Gasteiger partial charge on any atom is 0.183 e. The second kappa shape index (κ2) is 13.0. The number of allylic oxidation sites excluding steroid dienone is 18. The summed E-state index contributed by atoms with van der Waals surface area (Å²) in [6.07, 6.45) is 47.6. The van der Waals surface area contributed by atoms with E-state index in [0.29, 0.717) is 22.6 Å². The molecule has 0 radical (unpaired) electrons. The van der Waals surface area contributed by atoms with Crippen molar-refractivity contribution in [3.05, 3.63) is 174 Å². The summed E-state index contributed by atoms with van der Waals surface area (Å²) in [4.78, 5) is 7.73. The molecule has 2 aromatic rings. The zero-order valence-electron chi connectivity index (χ0n) is 32.6. The molecule has 4 heterocycles. The summed E-state index contributed by atoms with van der Waals surface area (Å²) in [7, 11) is -4.66. The molecule has 5 heteroatoms. The lowest BCUT2D eigenvalue weighted by molar-refractivity contribution is 0.306. The highest BCUT2D eigenvalue weighted by Crippen LogP contribution is 2.70. The summed E-state index contributed by atoms with van der Waals surface area (Å²) in [5.41, 5.74) is 4.66. The Bertz CT molecular complexity index is 2450. The highest BCUT2D eigenvalue weighted by atomic mass is 32.2. The van der Waals surface area contributed by atoms with Crippen molar-refractivity contribution in [2.75, 3.05) is 0 Å². The van der Waals surface area contributed by atoms with E-state index in [1.807, 2.05) is 22.2 Å². The Balaban J connectivity index is 1.02. The fraction of sp³-hybridized carbons (Fsp3) is 0.333. The van der Waals surface area contributed by atoms with E-state index in [4.69, 9.17) is 0 Å². The van der Waals surface area contributed by atoms with Gasteiger partial charge in [0.1, 0.15) is 8.07 Å². The summed E-state index contributed by atoms with van der Waals surface area (Å²) < 4.78 is 0. The highest BCUT2D eigenvalue weighted by molar-refractivity contribution is 8.05. The maximum absolute atomic E-state index is 2.85. The minimum atomic E-state index is -2.45. The van der Waals surface area contributed by atoms with Gasteiger partial charge in [0, 0.05) is 35.7 Å². The summed E-state index contributed by atoms with van der Waals surface area (Å²) in [5.74, 6) is 0.928. The van der Waals surface area contributed by atoms with Gasteiger partial charge in [-0.25, -0.2) is 0 Å². The molecule has 6 aliphatic carbocycles. The minimum absolute atomic E-state index is 0.0740. The molecule has 0 bridgehead atoms. The van der Waals surface area contributed by atoms with Gasteiger partial charge in [-0.05, 0) is 129 Å². The quantitative estimate of drug-likeness (QED) is 0.208. The van der Waals surface area contributed by atoms with Crippen molar-refractivity contribution in [2.24, 2.45) is 11.3 Å². The molecule has 2 spiro atoms. The normalized spacial score (nSPS) is 35.2. The first kappa shape index (κ1) is 35.0. The first-order valence-corrected chi connectivity index (χ1v) is 28.1. The van der Waals surface area contributed by atoms with Crippen molar-refractivity contribution in [2.45, 2.75) is 104 Å². The van der Waals surface area contributed by atoms with Crippen LogP contribution in [0.2, 0.25) is 11.1 Å². The molecule has 280 valence electrons. The van der Waals surface area contributed by atoms with Crippen LogP contribution in [0.25, 0.3) is 0 Å². The number of thioether (sulfide) groups is 3. The first-order valence-electron chi connectivity index (χ1n) is 21.5. The van der Waals surface area contributed by atoms with Crippen LogP contribution in [0.3, 0.4) is 0 Å². The first-order chi connectivity index (χ1) is 27.5. The van der Waals surface area contributed by atoms with Gasteiger partial charge in [0.05, 0.1) is 0 Å². The van der Waals surface area contributed by atoms with Crippen LogP contribution in [-0.4, -0.2) is 21.4 Å². The lowest BCUT2D eigenvalue weighted by Crippen LogP contribution is -2.66. The van der Waals surface area contributed by atoms with E-state index in [0.717, 1.165) is 37.6 Å². The molecule has 2 fully saturated rings. The van der Waals surface area contributed by atoms with Gasteiger partial charge in [-0.3, -0.25) is 0 Å². The Kier molecular flexibility index (Phi) is 8.16. The largest absolute Gasteiger partial charge is 0.183 e. The van der Waals surface area contributed by atoms with Gasteiger partial charge in [0.2, 0.25) is 0 Å².